The van der Waals surface area contributed by atoms with Gasteiger partial charge in [0.1, 0.15) is 5.56 Å². The zero-order valence-corrected chi connectivity index (χ0v) is 11.6. The molecule has 1 fully saturated rings. The molecule has 7 heteroatoms. The number of hydrogen-bond acceptors (Lipinski definition) is 4. The van der Waals surface area contributed by atoms with Gasteiger partial charge in [-0.1, -0.05) is 6.07 Å². The molecule has 0 bridgehead atoms. The average molecular weight is 292 g/mol. The summed E-state index contributed by atoms with van der Waals surface area (Å²) in [6, 6.07) is 4.36. The monoisotopic (exact) mass is 292 g/mol. The molecule has 0 spiro atoms. The molecule has 1 aromatic rings. The highest BCUT2D eigenvalue weighted by molar-refractivity contribution is 5.98. The number of piperidine rings is 1. The lowest BCUT2D eigenvalue weighted by Gasteiger charge is -2.30. The van der Waals surface area contributed by atoms with Gasteiger partial charge in [0.25, 0.3) is 11.6 Å². The Balaban J connectivity index is 2.29. The summed E-state index contributed by atoms with van der Waals surface area (Å²) >= 11 is 0. The van der Waals surface area contributed by atoms with Gasteiger partial charge in [-0.25, -0.2) is 0 Å². The van der Waals surface area contributed by atoms with E-state index < -0.39 is 22.7 Å². The van der Waals surface area contributed by atoms with Crippen molar-refractivity contribution in [2.75, 3.05) is 13.1 Å². The Morgan fingerprint density at radius 2 is 2.14 bits per heavy atom. The van der Waals surface area contributed by atoms with Crippen molar-refractivity contribution in [3.05, 3.63) is 39.4 Å². The van der Waals surface area contributed by atoms with Gasteiger partial charge in [0.15, 0.2) is 0 Å². The lowest BCUT2D eigenvalue weighted by molar-refractivity contribution is -0.385. The van der Waals surface area contributed by atoms with Crippen molar-refractivity contribution in [3.8, 4) is 0 Å². The third-order valence-corrected chi connectivity index (χ3v) is 3.64. The molecule has 112 valence electrons. The first-order valence-electron chi connectivity index (χ1n) is 6.67. The van der Waals surface area contributed by atoms with Crippen LogP contribution in [0, 0.1) is 23.0 Å². The fraction of sp³-hybridized carbons (Fsp3) is 0.429. The van der Waals surface area contributed by atoms with Crippen molar-refractivity contribution in [1.82, 2.24) is 4.90 Å². The lowest BCUT2D eigenvalue weighted by atomic mass is 9.97. The van der Waals surface area contributed by atoms with E-state index in [1.165, 1.54) is 17.0 Å². The van der Waals surface area contributed by atoms with Crippen LogP contribution in [0.3, 0.4) is 0 Å². The molecule has 1 N–H and O–H groups in total. The molecular weight excluding hydrogens is 276 g/mol. The van der Waals surface area contributed by atoms with E-state index in [1.54, 1.807) is 13.0 Å². The van der Waals surface area contributed by atoms with Crippen molar-refractivity contribution < 1.29 is 19.6 Å². The first-order chi connectivity index (χ1) is 9.90. The molecule has 0 unspecified atom stereocenters. The number of aliphatic carboxylic acids is 1. The topological polar surface area (TPSA) is 101 Å². The second kappa shape index (κ2) is 5.90. The number of nitrogens with zero attached hydrogens (tertiary/aromatic N) is 2. The van der Waals surface area contributed by atoms with Crippen molar-refractivity contribution in [1.29, 1.82) is 0 Å². The fourth-order valence-electron chi connectivity index (χ4n) is 2.51. The summed E-state index contributed by atoms with van der Waals surface area (Å²) in [5.41, 5.74) is 0.518. The van der Waals surface area contributed by atoms with Crippen LogP contribution >= 0.6 is 0 Å². The van der Waals surface area contributed by atoms with Gasteiger partial charge in [0, 0.05) is 19.2 Å². The van der Waals surface area contributed by atoms with Gasteiger partial charge in [-0.2, -0.15) is 0 Å². The van der Waals surface area contributed by atoms with Crippen LogP contribution in [0.15, 0.2) is 18.2 Å². The molecule has 0 radical (unpaired) electrons. The summed E-state index contributed by atoms with van der Waals surface area (Å²) in [4.78, 5) is 35.4. The molecule has 1 aliphatic heterocycles. The molecule has 7 nitrogen and oxygen atoms in total. The van der Waals surface area contributed by atoms with E-state index >= 15 is 0 Å². The molecule has 0 aliphatic carbocycles. The summed E-state index contributed by atoms with van der Waals surface area (Å²) in [5, 5.41) is 20.1. The summed E-state index contributed by atoms with van der Waals surface area (Å²) in [6.07, 6.45) is 1.11. The maximum Gasteiger partial charge on any atom is 0.308 e. The number of nitro groups is 1. The van der Waals surface area contributed by atoms with Crippen LogP contribution in [0.25, 0.3) is 0 Å². The predicted octanol–water partition coefficient (Wildman–Crippen LogP) is 1.84. The minimum absolute atomic E-state index is 0.0195. The predicted molar refractivity (Wildman–Crippen MR) is 74.1 cm³/mol. The van der Waals surface area contributed by atoms with E-state index in [0.717, 1.165) is 5.56 Å². The Morgan fingerprint density at radius 1 is 1.43 bits per heavy atom. The summed E-state index contributed by atoms with van der Waals surface area (Å²) in [5.74, 6) is -2.02. The van der Waals surface area contributed by atoms with E-state index in [4.69, 9.17) is 5.11 Å². The smallest absolute Gasteiger partial charge is 0.308 e. The zero-order valence-electron chi connectivity index (χ0n) is 11.6. The Labute approximate surface area is 121 Å². The summed E-state index contributed by atoms with van der Waals surface area (Å²) in [6.45, 7) is 2.27. The molecule has 1 aliphatic rings. The molecule has 1 amide bonds. The Hall–Kier alpha value is -2.44. The van der Waals surface area contributed by atoms with E-state index in [1.807, 2.05) is 0 Å². The number of amides is 1. The highest BCUT2D eigenvalue weighted by Gasteiger charge is 2.31. The quantitative estimate of drug-likeness (QED) is 0.676. The molecular formula is C14H16N2O5. The largest absolute Gasteiger partial charge is 0.481 e. The highest BCUT2D eigenvalue weighted by Crippen LogP contribution is 2.24. The fourth-order valence-corrected chi connectivity index (χ4v) is 2.51. The van der Waals surface area contributed by atoms with Gasteiger partial charge in [-0.05, 0) is 31.4 Å². The van der Waals surface area contributed by atoms with Crippen molar-refractivity contribution in [2.45, 2.75) is 19.8 Å². The van der Waals surface area contributed by atoms with Crippen molar-refractivity contribution in [2.24, 2.45) is 5.92 Å². The second-order valence-corrected chi connectivity index (χ2v) is 5.21. The molecule has 1 heterocycles. The van der Waals surface area contributed by atoms with Gasteiger partial charge in [-0.3, -0.25) is 19.7 Å². The SMILES string of the molecule is Cc1ccc([N+](=O)[O-])c(C(=O)N2CCC[C@H](C(=O)O)C2)c1. The van der Waals surface area contributed by atoms with Crippen LogP contribution < -0.4 is 0 Å². The minimum Gasteiger partial charge on any atom is -0.481 e. The number of carboxylic acids is 1. The van der Waals surface area contributed by atoms with Crippen LogP contribution in [0.5, 0.6) is 0 Å². The van der Waals surface area contributed by atoms with Crippen LogP contribution in [-0.2, 0) is 4.79 Å². The van der Waals surface area contributed by atoms with Gasteiger partial charge in [0.2, 0.25) is 0 Å². The standard InChI is InChI=1S/C14H16N2O5/c1-9-4-5-12(16(20)21)11(7-9)13(17)15-6-2-3-10(8-15)14(18)19/h4-5,7,10H,2-3,6,8H2,1H3,(H,18,19)/t10-/m0/s1. The number of hydrogen-bond donors (Lipinski definition) is 1. The minimum atomic E-state index is -0.939. The second-order valence-electron chi connectivity index (χ2n) is 5.21. The van der Waals surface area contributed by atoms with Crippen LogP contribution in [0.4, 0.5) is 5.69 Å². The number of benzene rings is 1. The van der Waals surface area contributed by atoms with Gasteiger partial charge < -0.3 is 10.0 Å². The Morgan fingerprint density at radius 3 is 2.76 bits per heavy atom. The third kappa shape index (κ3) is 3.18. The molecule has 21 heavy (non-hydrogen) atoms. The number of rotatable bonds is 3. The molecule has 0 saturated carbocycles. The molecule has 2 rings (SSSR count). The van der Waals surface area contributed by atoms with Gasteiger partial charge in [0.05, 0.1) is 10.8 Å². The first-order valence-corrected chi connectivity index (χ1v) is 6.67. The van der Waals surface area contributed by atoms with Crippen LogP contribution in [0.2, 0.25) is 0 Å². The molecule has 0 aromatic heterocycles. The maximum absolute atomic E-state index is 12.5. The number of carboxylic acid groups (broad SMARTS) is 1. The first kappa shape index (κ1) is 15.0. The van der Waals surface area contributed by atoms with E-state index in [2.05, 4.69) is 0 Å². The molecule has 1 aromatic carbocycles. The van der Waals surface area contributed by atoms with Crippen LogP contribution in [0.1, 0.15) is 28.8 Å². The summed E-state index contributed by atoms with van der Waals surface area (Å²) in [7, 11) is 0. The molecule has 1 atom stereocenters. The lowest BCUT2D eigenvalue weighted by Crippen LogP contribution is -2.42. The number of likely N-dealkylation sites (tertiary alicyclic amines) is 1. The average Bonchev–Trinajstić information content (AvgIpc) is 2.46. The zero-order chi connectivity index (χ0) is 15.6. The Bertz CT molecular complexity index is 599. The van der Waals surface area contributed by atoms with Gasteiger partial charge in [-0.15, -0.1) is 0 Å². The third-order valence-electron chi connectivity index (χ3n) is 3.64. The van der Waals surface area contributed by atoms with Gasteiger partial charge >= 0.3 is 5.97 Å². The van der Waals surface area contributed by atoms with Crippen molar-refractivity contribution >= 4 is 17.6 Å². The normalized spacial score (nSPS) is 18.3. The van der Waals surface area contributed by atoms with Crippen LogP contribution in [-0.4, -0.2) is 39.9 Å². The number of carbonyl (C=O) groups is 2. The number of nitro benzene ring substituents is 1. The number of carbonyl (C=O) groups excluding carboxylic acids is 1. The summed E-state index contributed by atoms with van der Waals surface area (Å²) < 4.78 is 0. The van der Waals surface area contributed by atoms with E-state index in [-0.39, 0.29) is 17.8 Å². The van der Waals surface area contributed by atoms with E-state index in [0.29, 0.717) is 19.4 Å². The molecule has 1 saturated heterocycles. The van der Waals surface area contributed by atoms with Crippen molar-refractivity contribution in [3.63, 3.8) is 0 Å². The van der Waals surface area contributed by atoms with E-state index in [9.17, 15) is 19.7 Å². The maximum atomic E-state index is 12.5. The highest BCUT2D eigenvalue weighted by atomic mass is 16.6. The Kier molecular flexibility index (Phi) is 4.21. The number of aryl methyl sites for hydroxylation is 1.